The highest BCUT2D eigenvalue weighted by Gasteiger charge is 2.43. The largest absolute Gasteiger partial charge is 0.477 e. The quantitative estimate of drug-likeness (QED) is 0.526. The number of amides is 2. The molecule has 2 amide bonds. The lowest BCUT2D eigenvalue weighted by atomic mass is 10.0. The van der Waals surface area contributed by atoms with E-state index in [0.29, 0.717) is 67.0 Å². The van der Waals surface area contributed by atoms with Crippen molar-refractivity contribution in [2.24, 2.45) is 17.8 Å². The first-order valence-corrected chi connectivity index (χ1v) is 13.2. The smallest absolute Gasteiger partial charge is 0.254 e. The molecule has 11 heteroatoms. The van der Waals surface area contributed by atoms with Crippen LogP contribution >= 0.6 is 0 Å². The van der Waals surface area contributed by atoms with Gasteiger partial charge in [0.15, 0.2) is 0 Å². The number of carbonyl (C=O) groups is 2. The number of nitrogens with zero attached hydrogens (tertiary/aromatic N) is 6. The maximum absolute atomic E-state index is 13.6. The van der Waals surface area contributed by atoms with Crippen molar-refractivity contribution < 1.29 is 19.1 Å². The number of aromatic amines is 1. The zero-order chi connectivity index (χ0) is 26.2. The van der Waals surface area contributed by atoms with E-state index in [1.807, 2.05) is 40.9 Å². The van der Waals surface area contributed by atoms with Crippen molar-refractivity contribution in [2.75, 3.05) is 65.0 Å². The van der Waals surface area contributed by atoms with E-state index >= 15 is 0 Å². The standard InChI is InChI=1S/C27H33N7O4/c1-32(2)24-10-19(11-25(28-24)38-16-17-5-7-37-8-6-17)27(36)34-14-20-12-33(13-21(20)15-34)26(35)18-3-4-22-23(9-18)30-31-29-22/h3-4,9-11,17,20-21H,5-8,12-16H2,1-2H3,(H,29,30,31). The fourth-order valence-electron chi connectivity index (χ4n) is 5.70. The predicted molar refractivity (Wildman–Crippen MR) is 140 cm³/mol. The lowest BCUT2D eigenvalue weighted by Gasteiger charge is -2.24. The molecule has 2 atom stereocenters. The molecule has 38 heavy (non-hydrogen) atoms. The molecule has 1 aromatic carbocycles. The number of rotatable bonds is 6. The second-order valence-electron chi connectivity index (χ2n) is 10.8. The zero-order valence-corrected chi connectivity index (χ0v) is 21.8. The molecule has 3 fully saturated rings. The fraction of sp³-hybridized carbons (Fsp3) is 0.519. The van der Waals surface area contributed by atoms with Gasteiger partial charge in [-0.25, -0.2) is 0 Å². The number of likely N-dealkylation sites (tertiary alicyclic amines) is 2. The number of ether oxygens (including phenoxy) is 2. The van der Waals surface area contributed by atoms with E-state index in [1.165, 1.54) is 0 Å². The monoisotopic (exact) mass is 519 g/mol. The minimum absolute atomic E-state index is 0.00162. The number of benzene rings is 1. The Balaban J connectivity index is 1.10. The Kier molecular flexibility index (Phi) is 6.61. The van der Waals surface area contributed by atoms with E-state index in [4.69, 9.17) is 9.47 Å². The third-order valence-corrected chi connectivity index (χ3v) is 7.93. The number of nitrogens with one attached hydrogen (secondary N) is 1. The average molecular weight is 520 g/mol. The Bertz CT molecular complexity index is 1320. The van der Waals surface area contributed by atoms with Gasteiger partial charge in [-0.1, -0.05) is 0 Å². The summed E-state index contributed by atoms with van der Waals surface area (Å²) in [4.78, 5) is 37.0. The SMILES string of the molecule is CN(C)c1cc(C(=O)N2CC3CN(C(=O)c4ccc5n[nH]nc5c4)CC3C2)cc(OCC2CCOCC2)n1. The highest BCUT2D eigenvalue weighted by atomic mass is 16.5. The third kappa shape index (κ3) is 4.90. The van der Waals surface area contributed by atoms with E-state index in [1.54, 1.807) is 18.2 Å². The van der Waals surface area contributed by atoms with E-state index in [2.05, 4.69) is 20.4 Å². The van der Waals surface area contributed by atoms with Gasteiger partial charge in [-0.2, -0.15) is 20.4 Å². The van der Waals surface area contributed by atoms with Crippen LogP contribution in [-0.4, -0.2) is 102 Å². The molecular formula is C27H33N7O4. The summed E-state index contributed by atoms with van der Waals surface area (Å²) in [6.07, 6.45) is 1.95. The summed E-state index contributed by atoms with van der Waals surface area (Å²) >= 11 is 0. The van der Waals surface area contributed by atoms with Crippen LogP contribution in [0.15, 0.2) is 30.3 Å². The van der Waals surface area contributed by atoms with Gasteiger partial charge in [-0.3, -0.25) is 9.59 Å². The molecule has 3 saturated heterocycles. The number of H-pyrrole nitrogens is 1. The van der Waals surface area contributed by atoms with Gasteiger partial charge in [-0.05, 0) is 43.0 Å². The van der Waals surface area contributed by atoms with E-state index in [-0.39, 0.29) is 23.7 Å². The molecular weight excluding hydrogens is 486 g/mol. The van der Waals surface area contributed by atoms with Crippen LogP contribution in [0.2, 0.25) is 0 Å². The van der Waals surface area contributed by atoms with Gasteiger partial charge in [0.05, 0.1) is 6.61 Å². The minimum atomic E-state index is -0.0184. The molecule has 0 radical (unpaired) electrons. The normalized spacial score (nSPS) is 21.6. The lowest BCUT2D eigenvalue weighted by molar-refractivity contribution is 0.0490. The summed E-state index contributed by atoms with van der Waals surface area (Å²) in [5.74, 6) is 2.11. The summed E-state index contributed by atoms with van der Waals surface area (Å²) in [5, 5.41) is 10.7. The van der Waals surface area contributed by atoms with E-state index in [0.717, 1.165) is 31.6 Å². The first kappa shape index (κ1) is 24.6. The van der Waals surface area contributed by atoms with Crippen molar-refractivity contribution in [1.82, 2.24) is 30.2 Å². The maximum Gasteiger partial charge on any atom is 0.254 e. The molecule has 0 bridgehead atoms. The second-order valence-corrected chi connectivity index (χ2v) is 10.8. The molecule has 0 aliphatic carbocycles. The molecule has 1 N–H and O–H groups in total. The highest BCUT2D eigenvalue weighted by molar-refractivity contribution is 5.98. The summed E-state index contributed by atoms with van der Waals surface area (Å²) in [7, 11) is 3.82. The molecule has 6 rings (SSSR count). The maximum atomic E-state index is 13.6. The first-order chi connectivity index (χ1) is 18.4. The molecule has 200 valence electrons. The van der Waals surface area contributed by atoms with Crippen LogP contribution in [0, 0.1) is 17.8 Å². The number of pyridine rings is 1. The number of fused-ring (bicyclic) bond motifs is 2. The topological polar surface area (TPSA) is 117 Å². The van der Waals surface area contributed by atoms with Crippen molar-refractivity contribution in [3.8, 4) is 5.88 Å². The third-order valence-electron chi connectivity index (χ3n) is 7.93. The van der Waals surface area contributed by atoms with Gasteiger partial charge in [0.2, 0.25) is 5.88 Å². The summed E-state index contributed by atoms with van der Waals surface area (Å²) in [6.45, 7) is 4.65. The van der Waals surface area contributed by atoms with Crippen LogP contribution in [0.5, 0.6) is 5.88 Å². The Hall–Kier alpha value is -3.73. The summed E-state index contributed by atoms with van der Waals surface area (Å²) in [5.41, 5.74) is 2.61. The van der Waals surface area contributed by atoms with Crippen LogP contribution in [0.3, 0.4) is 0 Å². The van der Waals surface area contributed by atoms with Crippen molar-refractivity contribution in [1.29, 1.82) is 0 Å². The molecule has 0 spiro atoms. The molecule has 2 unspecified atom stereocenters. The zero-order valence-electron chi connectivity index (χ0n) is 21.8. The molecule has 0 saturated carbocycles. The molecule has 3 aliphatic rings. The van der Waals surface area contributed by atoms with Crippen molar-refractivity contribution in [2.45, 2.75) is 12.8 Å². The van der Waals surface area contributed by atoms with Crippen LogP contribution < -0.4 is 9.64 Å². The van der Waals surface area contributed by atoms with Crippen molar-refractivity contribution >= 4 is 28.7 Å². The first-order valence-electron chi connectivity index (χ1n) is 13.2. The summed E-state index contributed by atoms with van der Waals surface area (Å²) in [6, 6.07) is 8.97. The average Bonchev–Trinajstić information content (AvgIpc) is 3.66. The second kappa shape index (κ2) is 10.2. The Morgan fingerprint density at radius 2 is 1.61 bits per heavy atom. The molecule has 2 aromatic heterocycles. The molecule has 11 nitrogen and oxygen atoms in total. The summed E-state index contributed by atoms with van der Waals surface area (Å²) < 4.78 is 11.5. The van der Waals surface area contributed by atoms with Crippen LogP contribution in [0.1, 0.15) is 33.6 Å². The molecule has 5 heterocycles. The lowest BCUT2D eigenvalue weighted by Crippen LogP contribution is -2.35. The van der Waals surface area contributed by atoms with E-state index < -0.39 is 0 Å². The number of carbonyl (C=O) groups excluding carboxylic acids is 2. The van der Waals surface area contributed by atoms with Crippen LogP contribution in [-0.2, 0) is 4.74 Å². The van der Waals surface area contributed by atoms with Gasteiger partial charge in [-0.15, -0.1) is 0 Å². The number of hydrogen-bond donors (Lipinski definition) is 1. The van der Waals surface area contributed by atoms with Gasteiger partial charge >= 0.3 is 0 Å². The highest BCUT2D eigenvalue weighted by Crippen LogP contribution is 2.33. The van der Waals surface area contributed by atoms with Gasteiger partial charge < -0.3 is 24.2 Å². The fourth-order valence-corrected chi connectivity index (χ4v) is 5.70. The van der Waals surface area contributed by atoms with Gasteiger partial charge in [0, 0.05) is 82.5 Å². The van der Waals surface area contributed by atoms with Gasteiger partial charge in [0.1, 0.15) is 16.9 Å². The number of hydrogen-bond acceptors (Lipinski definition) is 8. The molecule has 3 aromatic rings. The van der Waals surface area contributed by atoms with Crippen LogP contribution in [0.4, 0.5) is 5.82 Å². The predicted octanol–water partition coefficient (Wildman–Crippen LogP) is 2.07. The minimum Gasteiger partial charge on any atom is -0.477 e. The van der Waals surface area contributed by atoms with Crippen LogP contribution in [0.25, 0.3) is 11.0 Å². The Labute approximate surface area is 221 Å². The molecule has 3 aliphatic heterocycles. The Morgan fingerprint density at radius 1 is 0.947 bits per heavy atom. The van der Waals surface area contributed by atoms with Crippen molar-refractivity contribution in [3.63, 3.8) is 0 Å². The van der Waals surface area contributed by atoms with E-state index in [9.17, 15) is 9.59 Å². The Morgan fingerprint density at radius 3 is 2.29 bits per heavy atom. The van der Waals surface area contributed by atoms with Crippen molar-refractivity contribution in [3.05, 3.63) is 41.5 Å². The van der Waals surface area contributed by atoms with Gasteiger partial charge in [0.25, 0.3) is 11.8 Å². The number of aromatic nitrogens is 4. The number of anilines is 1.